The number of nitrogens with zero attached hydrogens (tertiary/aromatic N) is 2. The van der Waals surface area contributed by atoms with E-state index in [-0.39, 0.29) is 36.3 Å². The van der Waals surface area contributed by atoms with Crippen LogP contribution < -0.4 is 5.32 Å². The Hall–Kier alpha value is -2.35. The highest BCUT2D eigenvalue weighted by Crippen LogP contribution is 2.35. The topological polar surface area (TPSA) is 72.9 Å². The number of urea groups is 1. The molecule has 0 spiro atoms. The summed E-state index contributed by atoms with van der Waals surface area (Å²) in [5.74, 6) is -0.692. The molecule has 1 aliphatic heterocycles. The second-order valence-corrected chi connectivity index (χ2v) is 10.0. The summed E-state index contributed by atoms with van der Waals surface area (Å²) in [6, 6.07) is 10.7. The van der Waals surface area contributed by atoms with Crippen LogP contribution in [-0.2, 0) is 10.2 Å². The zero-order valence-corrected chi connectivity index (χ0v) is 21.0. The van der Waals surface area contributed by atoms with Crippen LogP contribution >= 0.6 is 23.2 Å². The lowest BCUT2D eigenvalue weighted by Crippen LogP contribution is -2.49. The molecular formula is C25H30Cl2FN3O3. The molecule has 1 fully saturated rings. The van der Waals surface area contributed by atoms with Crippen molar-refractivity contribution < 1.29 is 19.1 Å². The Morgan fingerprint density at radius 2 is 1.76 bits per heavy atom. The van der Waals surface area contributed by atoms with Gasteiger partial charge in [0, 0.05) is 49.3 Å². The number of carbonyl (C=O) groups is 2. The first-order chi connectivity index (χ1) is 16.0. The molecule has 0 aliphatic carbocycles. The average molecular weight is 510 g/mol. The Morgan fingerprint density at radius 3 is 2.35 bits per heavy atom. The number of nitrogens with one attached hydrogen (secondary N) is 1. The van der Waals surface area contributed by atoms with Gasteiger partial charge in [-0.25, -0.2) is 9.18 Å². The average Bonchev–Trinajstić information content (AvgIpc) is 3.23. The van der Waals surface area contributed by atoms with Gasteiger partial charge in [-0.2, -0.15) is 0 Å². The molecule has 2 N–H and O–H groups in total. The number of hydrogen-bond donors (Lipinski definition) is 2. The van der Waals surface area contributed by atoms with Crippen LogP contribution in [-0.4, -0.2) is 66.2 Å². The van der Waals surface area contributed by atoms with Crippen LogP contribution in [0.1, 0.15) is 37.3 Å². The van der Waals surface area contributed by atoms with Gasteiger partial charge in [0.2, 0.25) is 5.91 Å². The second-order valence-electron chi connectivity index (χ2n) is 9.14. The van der Waals surface area contributed by atoms with Crippen LogP contribution in [0.25, 0.3) is 0 Å². The maximum absolute atomic E-state index is 13.7. The molecule has 184 valence electrons. The van der Waals surface area contributed by atoms with Gasteiger partial charge in [-0.15, -0.1) is 0 Å². The molecule has 0 aromatic heterocycles. The van der Waals surface area contributed by atoms with Crippen LogP contribution in [0.5, 0.6) is 0 Å². The van der Waals surface area contributed by atoms with E-state index < -0.39 is 5.41 Å². The lowest BCUT2D eigenvalue weighted by atomic mass is 9.82. The van der Waals surface area contributed by atoms with Gasteiger partial charge in [-0.1, -0.05) is 35.3 Å². The van der Waals surface area contributed by atoms with Crippen molar-refractivity contribution in [2.24, 2.45) is 0 Å². The third kappa shape index (κ3) is 5.82. The molecule has 1 unspecified atom stereocenters. The van der Waals surface area contributed by atoms with Crippen molar-refractivity contribution in [2.45, 2.75) is 37.6 Å². The van der Waals surface area contributed by atoms with E-state index in [1.165, 1.54) is 12.1 Å². The molecule has 0 radical (unpaired) electrons. The van der Waals surface area contributed by atoms with Gasteiger partial charge >= 0.3 is 6.03 Å². The fourth-order valence-electron chi connectivity index (χ4n) is 4.40. The molecule has 1 saturated heterocycles. The molecular weight excluding hydrogens is 480 g/mol. The van der Waals surface area contributed by atoms with E-state index in [2.05, 4.69) is 5.32 Å². The van der Waals surface area contributed by atoms with Gasteiger partial charge in [-0.3, -0.25) is 4.79 Å². The van der Waals surface area contributed by atoms with Gasteiger partial charge in [0.05, 0.1) is 11.5 Å². The number of halogens is 3. The molecule has 6 nitrogen and oxygen atoms in total. The predicted molar refractivity (Wildman–Crippen MR) is 132 cm³/mol. The normalized spacial score (nSPS) is 18.1. The molecule has 0 bridgehead atoms. The molecule has 2 aromatic carbocycles. The van der Waals surface area contributed by atoms with Crippen LogP contribution in [0.3, 0.4) is 0 Å². The highest BCUT2D eigenvalue weighted by molar-refractivity contribution is 6.34. The summed E-state index contributed by atoms with van der Waals surface area (Å²) in [4.78, 5) is 29.8. The van der Waals surface area contributed by atoms with Gasteiger partial charge in [-0.05, 0) is 61.7 Å². The quantitative estimate of drug-likeness (QED) is 0.542. The lowest BCUT2D eigenvalue weighted by Gasteiger charge is -2.36. The highest BCUT2D eigenvalue weighted by Gasteiger charge is 2.43. The molecule has 2 aromatic rings. The molecule has 34 heavy (non-hydrogen) atoms. The molecule has 9 heteroatoms. The molecule has 1 heterocycles. The van der Waals surface area contributed by atoms with Crippen molar-refractivity contribution in [1.82, 2.24) is 15.1 Å². The Morgan fingerprint density at radius 1 is 1.15 bits per heavy atom. The standard InChI is InChI=1S/C25H30Cl2FN3O3/c1-25(2,17-11-18(26)13-19(27)12-17)23(33)30(3)22-15-31(24(34)29-9-4-10-32)14-21(22)16-5-7-20(28)8-6-16/h5-8,11-13,21-22,32H,4,9-10,14-15H2,1-3H3,(H,29,34)/t21?,22-/m1/s1. The Bertz CT molecular complexity index is 1010. The van der Waals surface area contributed by atoms with Crippen LogP contribution in [0, 0.1) is 5.82 Å². The minimum atomic E-state index is -0.923. The molecule has 1 aliphatic rings. The molecule has 0 saturated carbocycles. The van der Waals surface area contributed by atoms with E-state index >= 15 is 0 Å². The Kier molecular flexibility index (Phi) is 8.44. The number of rotatable bonds is 7. The van der Waals surface area contributed by atoms with Crippen molar-refractivity contribution >= 4 is 35.1 Å². The summed E-state index contributed by atoms with van der Waals surface area (Å²) < 4.78 is 13.6. The second kappa shape index (κ2) is 10.9. The third-order valence-electron chi connectivity index (χ3n) is 6.42. The number of likely N-dealkylation sites (N-methyl/N-ethyl adjacent to an activating group) is 1. The fraction of sp³-hybridized carbons (Fsp3) is 0.440. The van der Waals surface area contributed by atoms with E-state index in [1.54, 1.807) is 47.2 Å². The van der Waals surface area contributed by atoms with E-state index in [1.807, 2.05) is 13.8 Å². The number of aliphatic hydroxyl groups is 1. The zero-order valence-electron chi connectivity index (χ0n) is 19.5. The Labute approximate surface area is 209 Å². The van der Waals surface area contributed by atoms with Crippen molar-refractivity contribution in [3.8, 4) is 0 Å². The van der Waals surface area contributed by atoms with Crippen molar-refractivity contribution in [1.29, 1.82) is 0 Å². The monoisotopic (exact) mass is 509 g/mol. The minimum Gasteiger partial charge on any atom is -0.396 e. The van der Waals surface area contributed by atoms with Crippen molar-refractivity contribution in [3.05, 3.63) is 69.5 Å². The summed E-state index contributed by atoms with van der Waals surface area (Å²) in [5, 5.41) is 12.7. The zero-order chi connectivity index (χ0) is 25.0. The SMILES string of the molecule is CN(C(=O)C(C)(C)c1cc(Cl)cc(Cl)c1)[C@@H]1CN(C(=O)NCCCO)CC1c1ccc(F)cc1. The Balaban J connectivity index is 1.88. The maximum atomic E-state index is 13.7. The number of likely N-dealkylation sites (tertiary alicyclic amines) is 1. The smallest absolute Gasteiger partial charge is 0.317 e. The van der Waals surface area contributed by atoms with E-state index in [4.69, 9.17) is 28.3 Å². The summed E-state index contributed by atoms with van der Waals surface area (Å²) in [6.07, 6.45) is 0.458. The lowest BCUT2D eigenvalue weighted by molar-refractivity contribution is -0.137. The van der Waals surface area contributed by atoms with Gasteiger partial charge < -0.3 is 20.2 Å². The van der Waals surface area contributed by atoms with Gasteiger partial charge in [0.15, 0.2) is 0 Å². The van der Waals surface area contributed by atoms with Gasteiger partial charge in [0.1, 0.15) is 5.82 Å². The van der Waals surface area contributed by atoms with E-state index in [9.17, 15) is 14.0 Å². The number of carbonyl (C=O) groups excluding carboxylic acids is 2. The molecule has 3 amide bonds. The van der Waals surface area contributed by atoms with Gasteiger partial charge in [0.25, 0.3) is 0 Å². The number of benzene rings is 2. The first-order valence-corrected chi connectivity index (χ1v) is 11.9. The fourth-order valence-corrected chi connectivity index (χ4v) is 4.92. The van der Waals surface area contributed by atoms with E-state index in [0.717, 1.165) is 5.56 Å². The van der Waals surface area contributed by atoms with E-state index in [0.29, 0.717) is 41.7 Å². The first kappa shape index (κ1) is 26.3. The van der Waals surface area contributed by atoms with Crippen LogP contribution in [0.15, 0.2) is 42.5 Å². The molecule has 2 atom stereocenters. The van der Waals surface area contributed by atoms with Crippen LogP contribution in [0.2, 0.25) is 10.0 Å². The largest absolute Gasteiger partial charge is 0.396 e. The third-order valence-corrected chi connectivity index (χ3v) is 6.86. The van der Waals surface area contributed by atoms with Crippen LogP contribution in [0.4, 0.5) is 9.18 Å². The summed E-state index contributed by atoms with van der Waals surface area (Å²) in [5.41, 5.74) is 0.616. The number of amides is 3. The summed E-state index contributed by atoms with van der Waals surface area (Å²) in [6.45, 7) is 4.67. The highest BCUT2D eigenvalue weighted by atomic mass is 35.5. The number of hydrogen-bond acceptors (Lipinski definition) is 3. The minimum absolute atomic E-state index is 0.0129. The number of aliphatic hydroxyl groups excluding tert-OH is 1. The first-order valence-electron chi connectivity index (χ1n) is 11.2. The summed E-state index contributed by atoms with van der Waals surface area (Å²) >= 11 is 12.4. The molecule has 3 rings (SSSR count). The predicted octanol–water partition coefficient (Wildman–Crippen LogP) is 4.43. The van der Waals surface area contributed by atoms with Crippen molar-refractivity contribution in [2.75, 3.05) is 33.3 Å². The summed E-state index contributed by atoms with van der Waals surface area (Å²) in [7, 11) is 1.73. The van der Waals surface area contributed by atoms with Crippen molar-refractivity contribution in [3.63, 3.8) is 0 Å². The maximum Gasteiger partial charge on any atom is 0.317 e.